The summed E-state index contributed by atoms with van der Waals surface area (Å²) in [5.41, 5.74) is 1.34. The molecule has 0 spiro atoms. The number of halogens is 1. The van der Waals surface area contributed by atoms with Crippen molar-refractivity contribution in [1.29, 1.82) is 0 Å². The number of nitrogens with one attached hydrogen (secondary N) is 2. The first-order chi connectivity index (χ1) is 9.38. The Labute approximate surface area is 138 Å². The van der Waals surface area contributed by atoms with Crippen molar-refractivity contribution < 1.29 is 4.74 Å². The van der Waals surface area contributed by atoms with Gasteiger partial charge in [0.05, 0.1) is 6.10 Å². The maximum atomic E-state index is 5.58. The first-order valence-corrected chi connectivity index (χ1v) is 6.98. The minimum Gasteiger partial charge on any atom is -0.376 e. The van der Waals surface area contributed by atoms with Gasteiger partial charge in [-0.3, -0.25) is 4.99 Å². The van der Waals surface area contributed by atoms with E-state index in [1.54, 1.807) is 7.05 Å². The van der Waals surface area contributed by atoms with Crippen molar-refractivity contribution in [1.82, 2.24) is 10.6 Å². The molecule has 0 aliphatic carbocycles. The maximum Gasteiger partial charge on any atom is 0.191 e. The van der Waals surface area contributed by atoms with Crippen LogP contribution in [-0.2, 0) is 11.2 Å². The van der Waals surface area contributed by atoms with Gasteiger partial charge in [0.25, 0.3) is 0 Å². The Morgan fingerprint density at radius 3 is 2.75 bits per heavy atom. The van der Waals surface area contributed by atoms with Crippen LogP contribution in [0, 0.1) is 0 Å². The largest absolute Gasteiger partial charge is 0.376 e. The van der Waals surface area contributed by atoms with Crippen LogP contribution in [-0.4, -0.2) is 38.8 Å². The Hall–Kier alpha value is -0.820. The van der Waals surface area contributed by atoms with Crippen LogP contribution < -0.4 is 10.6 Å². The molecule has 2 rings (SSSR count). The fraction of sp³-hybridized carbons (Fsp3) is 0.533. The molecule has 1 aromatic rings. The van der Waals surface area contributed by atoms with Crippen LogP contribution in [0.3, 0.4) is 0 Å². The highest BCUT2D eigenvalue weighted by atomic mass is 127. The average molecular weight is 389 g/mol. The van der Waals surface area contributed by atoms with Crippen LogP contribution in [0.4, 0.5) is 0 Å². The van der Waals surface area contributed by atoms with Gasteiger partial charge in [0, 0.05) is 26.7 Å². The molecular weight excluding hydrogens is 365 g/mol. The number of ether oxygens (including phenoxy) is 1. The van der Waals surface area contributed by atoms with Crippen molar-refractivity contribution in [2.75, 3.05) is 26.7 Å². The summed E-state index contributed by atoms with van der Waals surface area (Å²) in [7, 11) is 1.80. The van der Waals surface area contributed by atoms with Crippen LogP contribution in [0.1, 0.15) is 18.4 Å². The van der Waals surface area contributed by atoms with Gasteiger partial charge in [0.2, 0.25) is 0 Å². The number of rotatable bonds is 5. The van der Waals surface area contributed by atoms with Crippen LogP contribution in [0.5, 0.6) is 0 Å². The molecule has 2 N–H and O–H groups in total. The Balaban J connectivity index is 0.00000200. The minimum atomic E-state index is 0. The SMILES string of the molecule is CN=C(NCCc1ccccc1)NCC1CCCO1.I. The third kappa shape index (κ3) is 6.09. The molecule has 1 aliphatic heterocycles. The molecule has 1 atom stereocenters. The Bertz CT molecular complexity index is 391. The van der Waals surface area contributed by atoms with E-state index in [0.29, 0.717) is 6.10 Å². The van der Waals surface area contributed by atoms with Crippen LogP contribution in [0.2, 0.25) is 0 Å². The smallest absolute Gasteiger partial charge is 0.191 e. The number of guanidine groups is 1. The van der Waals surface area contributed by atoms with Crippen molar-refractivity contribution in [2.24, 2.45) is 4.99 Å². The molecular formula is C15H24IN3O. The van der Waals surface area contributed by atoms with Gasteiger partial charge in [-0.05, 0) is 24.8 Å². The predicted molar refractivity (Wildman–Crippen MR) is 93.9 cm³/mol. The summed E-state index contributed by atoms with van der Waals surface area (Å²) >= 11 is 0. The molecule has 0 aromatic heterocycles. The summed E-state index contributed by atoms with van der Waals surface area (Å²) < 4.78 is 5.58. The number of nitrogens with zero attached hydrogens (tertiary/aromatic N) is 1. The van der Waals surface area contributed by atoms with Gasteiger partial charge in [-0.25, -0.2) is 0 Å². The summed E-state index contributed by atoms with van der Waals surface area (Å²) in [5, 5.41) is 6.64. The lowest BCUT2D eigenvalue weighted by molar-refractivity contribution is 0.114. The first kappa shape index (κ1) is 17.2. The lowest BCUT2D eigenvalue weighted by Gasteiger charge is -2.15. The molecule has 0 radical (unpaired) electrons. The van der Waals surface area contributed by atoms with E-state index in [1.807, 2.05) is 6.07 Å². The molecule has 0 amide bonds. The van der Waals surface area contributed by atoms with Crippen LogP contribution in [0.25, 0.3) is 0 Å². The zero-order chi connectivity index (χ0) is 13.3. The topological polar surface area (TPSA) is 45.7 Å². The average Bonchev–Trinajstić information content (AvgIpc) is 2.97. The normalized spacial score (nSPS) is 18.4. The summed E-state index contributed by atoms with van der Waals surface area (Å²) in [5.74, 6) is 0.853. The van der Waals surface area contributed by atoms with E-state index in [-0.39, 0.29) is 24.0 Å². The van der Waals surface area contributed by atoms with Crippen LogP contribution in [0.15, 0.2) is 35.3 Å². The number of aliphatic imine (C=N–C) groups is 1. The molecule has 1 unspecified atom stereocenters. The first-order valence-electron chi connectivity index (χ1n) is 6.98. The quantitative estimate of drug-likeness (QED) is 0.461. The summed E-state index contributed by atoms with van der Waals surface area (Å²) in [6.07, 6.45) is 3.66. The Kier molecular flexibility index (Phi) is 8.60. The van der Waals surface area contributed by atoms with Crippen molar-refractivity contribution in [3.05, 3.63) is 35.9 Å². The van der Waals surface area contributed by atoms with Gasteiger partial charge >= 0.3 is 0 Å². The molecule has 1 fully saturated rings. The van der Waals surface area contributed by atoms with E-state index in [0.717, 1.165) is 38.5 Å². The predicted octanol–water partition coefficient (Wildman–Crippen LogP) is 2.19. The van der Waals surface area contributed by atoms with Crippen LogP contribution >= 0.6 is 24.0 Å². The van der Waals surface area contributed by atoms with E-state index >= 15 is 0 Å². The third-order valence-electron chi connectivity index (χ3n) is 3.29. The minimum absolute atomic E-state index is 0. The number of hydrogen-bond acceptors (Lipinski definition) is 2. The standard InChI is InChI=1S/C15H23N3O.HI/c1-16-15(18-12-14-8-5-11-19-14)17-10-9-13-6-3-2-4-7-13;/h2-4,6-7,14H,5,8-12H2,1H3,(H2,16,17,18);1H. The molecule has 0 saturated carbocycles. The van der Waals surface area contributed by atoms with E-state index in [1.165, 1.54) is 12.0 Å². The Morgan fingerprint density at radius 1 is 1.30 bits per heavy atom. The molecule has 1 aliphatic rings. The van der Waals surface area contributed by atoms with E-state index in [4.69, 9.17) is 4.74 Å². The number of hydrogen-bond donors (Lipinski definition) is 2. The van der Waals surface area contributed by atoms with E-state index in [9.17, 15) is 0 Å². The Morgan fingerprint density at radius 2 is 2.10 bits per heavy atom. The molecule has 4 nitrogen and oxygen atoms in total. The summed E-state index contributed by atoms with van der Waals surface area (Å²) in [6, 6.07) is 10.5. The van der Waals surface area contributed by atoms with Crippen molar-refractivity contribution in [3.8, 4) is 0 Å². The molecule has 20 heavy (non-hydrogen) atoms. The molecule has 0 bridgehead atoms. The molecule has 1 heterocycles. The van der Waals surface area contributed by atoms with E-state index in [2.05, 4.69) is 39.9 Å². The summed E-state index contributed by atoms with van der Waals surface area (Å²) in [4.78, 5) is 4.22. The highest BCUT2D eigenvalue weighted by molar-refractivity contribution is 14.0. The van der Waals surface area contributed by atoms with Crippen molar-refractivity contribution >= 4 is 29.9 Å². The highest BCUT2D eigenvalue weighted by Gasteiger charge is 2.15. The highest BCUT2D eigenvalue weighted by Crippen LogP contribution is 2.10. The van der Waals surface area contributed by atoms with Gasteiger partial charge in [0.15, 0.2) is 5.96 Å². The van der Waals surface area contributed by atoms with Gasteiger partial charge in [-0.15, -0.1) is 24.0 Å². The van der Waals surface area contributed by atoms with Crippen molar-refractivity contribution in [3.63, 3.8) is 0 Å². The lowest BCUT2D eigenvalue weighted by Crippen LogP contribution is -2.41. The van der Waals surface area contributed by atoms with Gasteiger partial charge < -0.3 is 15.4 Å². The molecule has 5 heteroatoms. The van der Waals surface area contributed by atoms with Gasteiger partial charge in [0.1, 0.15) is 0 Å². The monoisotopic (exact) mass is 389 g/mol. The third-order valence-corrected chi connectivity index (χ3v) is 3.29. The maximum absolute atomic E-state index is 5.58. The number of benzene rings is 1. The zero-order valence-corrected chi connectivity index (χ0v) is 14.3. The molecule has 1 aromatic carbocycles. The second kappa shape index (κ2) is 9.99. The molecule has 1 saturated heterocycles. The molecule has 112 valence electrons. The fourth-order valence-electron chi connectivity index (χ4n) is 2.21. The fourth-order valence-corrected chi connectivity index (χ4v) is 2.21. The van der Waals surface area contributed by atoms with E-state index < -0.39 is 0 Å². The van der Waals surface area contributed by atoms with Gasteiger partial charge in [-0.2, -0.15) is 0 Å². The second-order valence-electron chi connectivity index (χ2n) is 4.75. The summed E-state index contributed by atoms with van der Waals surface area (Å²) in [6.45, 7) is 2.62. The second-order valence-corrected chi connectivity index (χ2v) is 4.75. The lowest BCUT2D eigenvalue weighted by atomic mass is 10.1. The van der Waals surface area contributed by atoms with Crippen molar-refractivity contribution in [2.45, 2.75) is 25.4 Å². The van der Waals surface area contributed by atoms with Gasteiger partial charge in [-0.1, -0.05) is 30.3 Å². The zero-order valence-electron chi connectivity index (χ0n) is 12.0.